The van der Waals surface area contributed by atoms with Gasteiger partial charge >= 0.3 is 5.97 Å². The van der Waals surface area contributed by atoms with Crippen molar-refractivity contribution in [3.05, 3.63) is 35.4 Å². The number of carboxylic acid groups (broad SMARTS) is 1. The predicted octanol–water partition coefficient (Wildman–Crippen LogP) is 5.27. The Bertz CT molecular complexity index is 533. The normalized spacial score (nSPS) is 20.7. The highest BCUT2D eigenvalue weighted by Crippen LogP contribution is 2.32. The smallest absolute Gasteiger partial charge is 0.307 e. The van der Waals surface area contributed by atoms with Gasteiger partial charge in [0.15, 0.2) is 5.78 Å². The van der Waals surface area contributed by atoms with Gasteiger partial charge in [0.25, 0.3) is 0 Å². The number of benzene rings is 1. The molecule has 132 valence electrons. The maximum atomic E-state index is 12.7. The molecule has 1 aliphatic carbocycles. The van der Waals surface area contributed by atoms with Crippen LogP contribution < -0.4 is 0 Å². The summed E-state index contributed by atoms with van der Waals surface area (Å²) >= 11 is 0. The molecular weight excluding hydrogens is 300 g/mol. The number of rotatable bonds is 9. The number of ketones is 1. The van der Waals surface area contributed by atoms with Gasteiger partial charge in [0, 0.05) is 11.5 Å². The fraction of sp³-hybridized carbons (Fsp3) is 0.619. The van der Waals surface area contributed by atoms with Crippen LogP contribution in [0.3, 0.4) is 0 Å². The second-order valence-electron chi connectivity index (χ2n) is 7.06. The molecule has 2 atom stereocenters. The molecule has 0 aliphatic heterocycles. The lowest BCUT2D eigenvalue weighted by Gasteiger charge is -2.27. The van der Waals surface area contributed by atoms with Crippen molar-refractivity contribution in [2.75, 3.05) is 0 Å². The molecule has 0 aromatic heterocycles. The van der Waals surface area contributed by atoms with E-state index in [0.29, 0.717) is 18.4 Å². The summed E-state index contributed by atoms with van der Waals surface area (Å²) in [5, 5.41) is 9.35. The van der Waals surface area contributed by atoms with Crippen molar-refractivity contribution in [3.63, 3.8) is 0 Å². The third-order valence-corrected chi connectivity index (χ3v) is 5.23. The first-order valence-electron chi connectivity index (χ1n) is 9.49. The molecule has 0 bridgehead atoms. The van der Waals surface area contributed by atoms with E-state index < -0.39 is 11.9 Å². The molecule has 0 heterocycles. The molecule has 3 nitrogen and oxygen atoms in total. The first kappa shape index (κ1) is 18.7. The minimum Gasteiger partial charge on any atom is -0.481 e. The van der Waals surface area contributed by atoms with Gasteiger partial charge in [-0.3, -0.25) is 9.59 Å². The van der Waals surface area contributed by atoms with E-state index in [1.807, 2.05) is 24.3 Å². The van der Waals surface area contributed by atoms with Gasteiger partial charge in [-0.1, -0.05) is 69.7 Å². The molecule has 1 fully saturated rings. The van der Waals surface area contributed by atoms with Gasteiger partial charge in [-0.15, -0.1) is 0 Å². The van der Waals surface area contributed by atoms with Crippen molar-refractivity contribution in [1.82, 2.24) is 0 Å². The number of carbonyl (C=O) groups excluding carboxylic acids is 1. The molecule has 1 aromatic rings. The van der Waals surface area contributed by atoms with E-state index in [4.69, 9.17) is 0 Å². The van der Waals surface area contributed by atoms with Crippen molar-refractivity contribution < 1.29 is 14.7 Å². The van der Waals surface area contributed by atoms with Crippen LogP contribution in [-0.2, 0) is 11.2 Å². The number of aryl methyl sites for hydroxylation is 1. The minimum atomic E-state index is -0.822. The Kier molecular flexibility index (Phi) is 7.48. The lowest BCUT2D eigenvalue weighted by molar-refractivity contribution is -0.144. The van der Waals surface area contributed by atoms with Crippen LogP contribution in [0.1, 0.15) is 80.6 Å². The minimum absolute atomic E-state index is 0.0107. The largest absolute Gasteiger partial charge is 0.481 e. The summed E-state index contributed by atoms with van der Waals surface area (Å²) in [4.78, 5) is 24.1. The Labute approximate surface area is 145 Å². The molecule has 3 heteroatoms. The summed E-state index contributed by atoms with van der Waals surface area (Å²) in [6.45, 7) is 2.22. The van der Waals surface area contributed by atoms with Gasteiger partial charge in [-0.25, -0.2) is 0 Å². The number of Topliss-reactive ketones (excluding diaryl/α,β-unsaturated/α-hetero) is 1. The van der Waals surface area contributed by atoms with E-state index in [9.17, 15) is 14.7 Å². The topological polar surface area (TPSA) is 54.4 Å². The van der Waals surface area contributed by atoms with Crippen molar-refractivity contribution in [3.8, 4) is 0 Å². The van der Waals surface area contributed by atoms with Gasteiger partial charge in [0.05, 0.1) is 5.92 Å². The van der Waals surface area contributed by atoms with Gasteiger partial charge in [-0.05, 0) is 31.2 Å². The average molecular weight is 330 g/mol. The van der Waals surface area contributed by atoms with E-state index in [1.54, 1.807) is 0 Å². The van der Waals surface area contributed by atoms with Crippen molar-refractivity contribution >= 4 is 11.8 Å². The molecule has 0 spiro atoms. The molecule has 0 amide bonds. The van der Waals surface area contributed by atoms with Crippen LogP contribution in [0.5, 0.6) is 0 Å². The highest BCUT2D eigenvalue weighted by Gasteiger charge is 2.35. The Morgan fingerprint density at radius 2 is 1.58 bits per heavy atom. The zero-order valence-corrected chi connectivity index (χ0v) is 14.8. The summed E-state index contributed by atoms with van der Waals surface area (Å²) in [6.07, 6.45) is 10.6. The fourth-order valence-corrected chi connectivity index (χ4v) is 3.72. The van der Waals surface area contributed by atoms with E-state index in [-0.39, 0.29) is 11.7 Å². The van der Waals surface area contributed by atoms with Crippen molar-refractivity contribution in [2.45, 2.75) is 71.1 Å². The number of unbranched alkanes of at least 4 members (excludes halogenated alkanes) is 4. The van der Waals surface area contributed by atoms with Gasteiger partial charge in [-0.2, -0.15) is 0 Å². The number of carboxylic acids is 1. The van der Waals surface area contributed by atoms with Crippen LogP contribution in [0.2, 0.25) is 0 Å². The Morgan fingerprint density at radius 3 is 2.21 bits per heavy atom. The highest BCUT2D eigenvalue weighted by atomic mass is 16.4. The number of carbonyl (C=O) groups is 2. The van der Waals surface area contributed by atoms with E-state index >= 15 is 0 Å². The third-order valence-electron chi connectivity index (χ3n) is 5.23. The molecule has 1 aromatic carbocycles. The van der Waals surface area contributed by atoms with E-state index in [2.05, 4.69) is 6.92 Å². The second-order valence-corrected chi connectivity index (χ2v) is 7.06. The van der Waals surface area contributed by atoms with Crippen LogP contribution in [-0.4, -0.2) is 16.9 Å². The molecule has 24 heavy (non-hydrogen) atoms. The van der Waals surface area contributed by atoms with E-state index in [1.165, 1.54) is 37.7 Å². The zero-order valence-electron chi connectivity index (χ0n) is 14.8. The van der Waals surface area contributed by atoms with Crippen LogP contribution >= 0.6 is 0 Å². The Balaban J connectivity index is 1.91. The third kappa shape index (κ3) is 5.19. The van der Waals surface area contributed by atoms with Crippen molar-refractivity contribution in [1.29, 1.82) is 0 Å². The van der Waals surface area contributed by atoms with Crippen LogP contribution in [0.25, 0.3) is 0 Å². The molecule has 0 saturated heterocycles. The summed E-state index contributed by atoms with van der Waals surface area (Å²) in [5.41, 5.74) is 1.93. The predicted molar refractivity (Wildman–Crippen MR) is 96.3 cm³/mol. The first-order valence-corrected chi connectivity index (χ1v) is 9.49. The van der Waals surface area contributed by atoms with Crippen LogP contribution in [0, 0.1) is 11.8 Å². The van der Waals surface area contributed by atoms with Gasteiger partial charge in [0.1, 0.15) is 0 Å². The van der Waals surface area contributed by atoms with Gasteiger partial charge < -0.3 is 5.11 Å². The standard InChI is InChI=1S/C21H30O3/c1-2-3-4-5-6-9-16-12-14-17(15-13-16)20(22)18-10-7-8-11-19(18)21(23)24/h12-15,18-19H,2-11H2,1H3,(H,23,24)/t18-,19-/m0/s1. The Morgan fingerprint density at radius 1 is 0.958 bits per heavy atom. The molecule has 2 rings (SSSR count). The fourth-order valence-electron chi connectivity index (χ4n) is 3.72. The summed E-state index contributed by atoms with van der Waals surface area (Å²) in [5.74, 6) is -1.67. The number of aliphatic carboxylic acids is 1. The second kappa shape index (κ2) is 9.61. The number of hydrogen-bond acceptors (Lipinski definition) is 2. The SMILES string of the molecule is CCCCCCCc1ccc(C(=O)[C@H]2CCCC[C@@H]2C(=O)O)cc1. The number of hydrogen-bond donors (Lipinski definition) is 1. The summed E-state index contributed by atoms with van der Waals surface area (Å²) in [6, 6.07) is 7.84. The lowest BCUT2D eigenvalue weighted by Crippen LogP contribution is -2.32. The quantitative estimate of drug-likeness (QED) is 0.495. The molecule has 1 N–H and O–H groups in total. The lowest BCUT2D eigenvalue weighted by atomic mass is 9.75. The molecular formula is C21H30O3. The molecule has 1 aliphatic rings. The molecule has 0 radical (unpaired) electrons. The highest BCUT2D eigenvalue weighted by molar-refractivity contribution is 6.00. The van der Waals surface area contributed by atoms with Crippen molar-refractivity contribution in [2.24, 2.45) is 11.8 Å². The molecule has 1 saturated carbocycles. The molecule has 0 unspecified atom stereocenters. The van der Waals surface area contributed by atoms with Crippen LogP contribution in [0.15, 0.2) is 24.3 Å². The monoisotopic (exact) mass is 330 g/mol. The van der Waals surface area contributed by atoms with E-state index in [0.717, 1.165) is 19.3 Å². The van der Waals surface area contributed by atoms with Crippen LogP contribution in [0.4, 0.5) is 0 Å². The summed E-state index contributed by atoms with van der Waals surface area (Å²) < 4.78 is 0. The van der Waals surface area contributed by atoms with Gasteiger partial charge in [0.2, 0.25) is 0 Å². The maximum absolute atomic E-state index is 12.7. The summed E-state index contributed by atoms with van der Waals surface area (Å²) in [7, 11) is 0. The Hall–Kier alpha value is -1.64. The maximum Gasteiger partial charge on any atom is 0.307 e. The average Bonchev–Trinajstić information content (AvgIpc) is 2.61. The zero-order chi connectivity index (χ0) is 17.4. The first-order chi connectivity index (χ1) is 11.6.